The van der Waals surface area contributed by atoms with Crippen molar-refractivity contribution >= 4 is 27.5 Å². The first-order valence-corrected chi connectivity index (χ1v) is 8.30. The number of hydrogen-bond acceptors (Lipinski definition) is 3. The van der Waals surface area contributed by atoms with Crippen LogP contribution in [0.2, 0.25) is 5.02 Å². The van der Waals surface area contributed by atoms with Gasteiger partial charge in [0.05, 0.1) is 20.9 Å². The molecular weight excluding hydrogens is 352 g/mol. The normalized spacial score (nSPS) is 12.6. The number of nitrogens with zero attached hydrogens (tertiary/aromatic N) is 3. The van der Waals surface area contributed by atoms with Gasteiger partial charge in [-0.05, 0) is 48.0 Å². The van der Waals surface area contributed by atoms with Crippen molar-refractivity contribution in [3.63, 3.8) is 0 Å². The topological polar surface area (TPSA) is 42.7 Å². The highest BCUT2D eigenvalue weighted by Crippen LogP contribution is 2.29. The van der Waals surface area contributed by atoms with Crippen LogP contribution >= 0.6 is 27.5 Å². The summed E-state index contributed by atoms with van der Waals surface area (Å²) in [6.07, 6.45) is 5.20. The van der Waals surface area contributed by atoms with Gasteiger partial charge in [0.2, 0.25) is 0 Å². The highest BCUT2D eigenvalue weighted by molar-refractivity contribution is 9.10. The molecule has 6 heteroatoms. The highest BCUT2D eigenvalue weighted by Gasteiger charge is 2.20. The smallest absolute Gasteiger partial charge is 0.0766 e. The maximum atomic E-state index is 6.27. The summed E-state index contributed by atoms with van der Waals surface area (Å²) < 4.78 is 3.17. The Morgan fingerprint density at radius 3 is 2.76 bits per heavy atom. The number of aromatic nitrogens is 3. The fourth-order valence-corrected chi connectivity index (χ4v) is 3.42. The number of nitrogens with one attached hydrogen (secondary N) is 1. The lowest BCUT2D eigenvalue weighted by Crippen LogP contribution is -2.21. The first-order chi connectivity index (χ1) is 10.1. The Balaban J connectivity index is 2.35. The van der Waals surface area contributed by atoms with E-state index in [1.807, 2.05) is 13.1 Å². The van der Waals surface area contributed by atoms with Crippen LogP contribution in [0.15, 0.2) is 22.9 Å². The minimum absolute atomic E-state index is 0.128. The largest absolute Gasteiger partial charge is 0.313 e. The standard InChI is InChI=1S/C15H20BrClN4/c1-4-12-15(16)14(21(5-2)20-12)8-13(18-3)10-6-7-19-9-11(10)17/h6-7,9,13,18H,4-5,8H2,1-3H3. The van der Waals surface area contributed by atoms with E-state index in [0.717, 1.165) is 35.1 Å². The summed E-state index contributed by atoms with van der Waals surface area (Å²) in [5.41, 5.74) is 3.35. The van der Waals surface area contributed by atoms with Gasteiger partial charge in [-0.25, -0.2) is 0 Å². The molecule has 0 saturated carbocycles. The second-order valence-electron chi connectivity index (χ2n) is 4.82. The zero-order valence-corrected chi connectivity index (χ0v) is 14.9. The molecule has 114 valence electrons. The van der Waals surface area contributed by atoms with Crippen LogP contribution in [0.3, 0.4) is 0 Å². The predicted octanol–water partition coefficient (Wildman–Crippen LogP) is 3.78. The number of likely N-dealkylation sites (N-methyl/N-ethyl adjacent to an activating group) is 1. The Kier molecular flexibility index (Phi) is 5.79. The highest BCUT2D eigenvalue weighted by atomic mass is 79.9. The number of aryl methyl sites for hydroxylation is 2. The lowest BCUT2D eigenvalue weighted by molar-refractivity contribution is 0.539. The molecule has 0 aliphatic heterocycles. The molecular formula is C15H20BrClN4. The van der Waals surface area contributed by atoms with Crippen LogP contribution in [0.4, 0.5) is 0 Å². The molecule has 0 amide bonds. The number of rotatable bonds is 6. The van der Waals surface area contributed by atoms with Crippen molar-refractivity contribution in [1.82, 2.24) is 20.1 Å². The molecule has 0 fully saturated rings. The van der Waals surface area contributed by atoms with Crippen molar-refractivity contribution < 1.29 is 0 Å². The number of pyridine rings is 1. The van der Waals surface area contributed by atoms with E-state index in [9.17, 15) is 0 Å². The molecule has 0 saturated heterocycles. The molecule has 2 aromatic heterocycles. The van der Waals surface area contributed by atoms with E-state index >= 15 is 0 Å². The predicted molar refractivity (Wildman–Crippen MR) is 89.7 cm³/mol. The van der Waals surface area contributed by atoms with Gasteiger partial charge in [0.1, 0.15) is 0 Å². The Morgan fingerprint density at radius 1 is 1.43 bits per heavy atom. The summed E-state index contributed by atoms with van der Waals surface area (Å²) in [6, 6.07) is 2.09. The van der Waals surface area contributed by atoms with E-state index in [4.69, 9.17) is 11.6 Å². The van der Waals surface area contributed by atoms with Gasteiger partial charge in [-0.15, -0.1) is 0 Å². The Bertz CT molecular complexity index is 612. The first kappa shape index (κ1) is 16.5. The van der Waals surface area contributed by atoms with Crippen LogP contribution in [0, 0.1) is 0 Å². The van der Waals surface area contributed by atoms with E-state index in [-0.39, 0.29) is 6.04 Å². The third kappa shape index (κ3) is 3.47. The Hall–Kier alpha value is -0.910. The van der Waals surface area contributed by atoms with E-state index < -0.39 is 0 Å². The van der Waals surface area contributed by atoms with Crippen molar-refractivity contribution in [2.24, 2.45) is 0 Å². The zero-order chi connectivity index (χ0) is 15.4. The maximum absolute atomic E-state index is 6.27. The summed E-state index contributed by atoms with van der Waals surface area (Å²) in [7, 11) is 1.95. The summed E-state index contributed by atoms with van der Waals surface area (Å²) in [5, 5.41) is 8.67. The quantitative estimate of drug-likeness (QED) is 0.840. The third-order valence-electron chi connectivity index (χ3n) is 3.62. The van der Waals surface area contributed by atoms with Gasteiger partial charge in [-0.3, -0.25) is 9.67 Å². The van der Waals surface area contributed by atoms with Gasteiger partial charge >= 0.3 is 0 Å². The van der Waals surface area contributed by atoms with Crippen molar-refractivity contribution in [1.29, 1.82) is 0 Å². The van der Waals surface area contributed by atoms with Gasteiger partial charge in [0, 0.05) is 31.4 Å². The average Bonchev–Trinajstić information content (AvgIpc) is 2.81. The zero-order valence-electron chi connectivity index (χ0n) is 12.5. The molecule has 0 spiro atoms. The summed E-state index contributed by atoms with van der Waals surface area (Å²) >= 11 is 9.97. The van der Waals surface area contributed by atoms with Crippen molar-refractivity contribution in [2.45, 2.75) is 39.3 Å². The number of halogens is 2. The van der Waals surface area contributed by atoms with Crippen LogP contribution < -0.4 is 5.32 Å². The molecule has 1 atom stereocenters. The van der Waals surface area contributed by atoms with E-state index in [1.165, 1.54) is 5.69 Å². The van der Waals surface area contributed by atoms with Crippen molar-refractivity contribution in [3.8, 4) is 0 Å². The molecule has 0 aliphatic carbocycles. The number of hydrogen-bond donors (Lipinski definition) is 1. The van der Waals surface area contributed by atoms with Gasteiger partial charge in [-0.1, -0.05) is 18.5 Å². The second-order valence-corrected chi connectivity index (χ2v) is 6.02. The van der Waals surface area contributed by atoms with Crippen molar-refractivity contribution in [3.05, 3.63) is 44.9 Å². The minimum Gasteiger partial charge on any atom is -0.313 e. The minimum atomic E-state index is 0.128. The summed E-state index contributed by atoms with van der Waals surface area (Å²) in [5.74, 6) is 0. The molecule has 1 unspecified atom stereocenters. The Labute approximate surface area is 139 Å². The average molecular weight is 372 g/mol. The molecule has 1 N–H and O–H groups in total. The molecule has 0 aliphatic rings. The summed E-state index contributed by atoms with van der Waals surface area (Å²) in [4.78, 5) is 4.05. The molecule has 0 radical (unpaired) electrons. The molecule has 2 aromatic rings. The molecule has 2 rings (SSSR count). The van der Waals surface area contributed by atoms with Gasteiger partial charge < -0.3 is 5.32 Å². The molecule has 0 aromatic carbocycles. The van der Waals surface area contributed by atoms with E-state index in [2.05, 4.69) is 49.9 Å². The van der Waals surface area contributed by atoms with E-state index in [0.29, 0.717) is 5.02 Å². The SMILES string of the molecule is CCc1nn(CC)c(CC(NC)c2ccncc2Cl)c1Br. The van der Waals surface area contributed by atoms with Crippen LogP contribution in [-0.4, -0.2) is 21.8 Å². The van der Waals surface area contributed by atoms with Gasteiger partial charge in [-0.2, -0.15) is 5.10 Å². The van der Waals surface area contributed by atoms with Crippen LogP contribution in [0.25, 0.3) is 0 Å². The van der Waals surface area contributed by atoms with Crippen LogP contribution in [0.5, 0.6) is 0 Å². The van der Waals surface area contributed by atoms with Gasteiger partial charge in [0.15, 0.2) is 0 Å². The molecule has 4 nitrogen and oxygen atoms in total. The summed E-state index contributed by atoms with van der Waals surface area (Å²) in [6.45, 7) is 5.08. The molecule has 2 heterocycles. The molecule has 21 heavy (non-hydrogen) atoms. The molecule has 0 bridgehead atoms. The van der Waals surface area contributed by atoms with E-state index in [1.54, 1.807) is 12.4 Å². The fraction of sp³-hybridized carbons (Fsp3) is 0.467. The first-order valence-electron chi connectivity index (χ1n) is 7.13. The fourth-order valence-electron chi connectivity index (χ4n) is 2.44. The third-order valence-corrected chi connectivity index (χ3v) is 4.85. The van der Waals surface area contributed by atoms with Crippen molar-refractivity contribution in [2.75, 3.05) is 7.05 Å². The lowest BCUT2D eigenvalue weighted by Gasteiger charge is -2.18. The maximum Gasteiger partial charge on any atom is 0.0766 e. The van der Waals surface area contributed by atoms with Gasteiger partial charge in [0.25, 0.3) is 0 Å². The lowest BCUT2D eigenvalue weighted by atomic mass is 10.0. The van der Waals surface area contributed by atoms with Crippen LogP contribution in [-0.2, 0) is 19.4 Å². The Morgan fingerprint density at radius 2 is 2.19 bits per heavy atom. The van der Waals surface area contributed by atoms with Crippen LogP contribution in [0.1, 0.15) is 36.8 Å². The monoisotopic (exact) mass is 370 g/mol. The second kappa shape index (κ2) is 7.38.